The molecule has 0 aliphatic rings. The second kappa shape index (κ2) is 18.0. The van der Waals surface area contributed by atoms with E-state index < -0.39 is 23.1 Å². The Hall–Kier alpha value is -5.29. The third-order valence-corrected chi connectivity index (χ3v) is 8.02. The number of nitrogens with zero attached hydrogens (tertiary/aromatic N) is 2. The number of hydrazine groups is 1. The van der Waals surface area contributed by atoms with E-state index in [1.807, 2.05) is 91.0 Å². The molecule has 0 saturated heterocycles. The number of guanidine groups is 1. The van der Waals surface area contributed by atoms with E-state index in [2.05, 4.69) is 28.1 Å². The van der Waals surface area contributed by atoms with Crippen LogP contribution in [0, 0.1) is 15.5 Å². The van der Waals surface area contributed by atoms with E-state index in [0.717, 1.165) is 34.7 Å². The normalized spacial score (nSPS) is 12.2. The minimum Gasteiger partial charge on any atom is -0.365 e. The van der Waals surface area contributed by atoms with E-state index in [9.17, 15) is 19.7 Å². The molecular formula is C36H43N7O4. The summed E-state index contributed by atoms with van der Waals surface area (Å²) < 4.78 is 0. The lowest BCUT2D eigenvalue weighted by Gasteiger charge is -2.24. The monoisotopic (exact) mass is 637 g/mol. The predicted molar refractivity (Wildman–Crippen MR) is 184 cm³/mol. The van der Waals surface area contributed by atoms with Crippen molar-refractivity contribution in [1.29, 1.82) is 5.41 Å². The molecule has 4 aromatic carbocycles. The van der Waals surface area contributed by atoms with E-state index in [-0.39, 0.29) is 31.2 Å². The highest BCUT2D eigenvalue weighted by atomic mass is 16.7. The van der Waals surface area contributed by atoms with Crippen LogP contribution < -0.4 is 21.7 Å². The summed E-state index contributed by atoms with van der Waals surface area (Å²) in [6, 6.07) is 32.4. The molecule has 0 bridgehead atoms. The zero-order valence-electron chi connectivity index (χ0n) is 26.4. The van der Waals surface area contributed by atoms with Gasteiger partial charge in [-0.05, 0) is 72.5 Å². The number of rotatable bonds is 18. The fraction of sp³-hybridized carbons (Fsp3) is 0.306. The van der Waals surface area contributed by atoms with Gasteiger partial charge in [-0.25, -0.2) is 10.1 Å². The molecule has 4 rings (SSSR count). The van der Waals surface area contributed by atoms with Gasteiger partial charge in [0.2, 0.25) is 11.8 Å². The van der Waals surface area contributed by atoms with Crippen LogP contribution in [0.2, 0.25) is 0 Å². The molecule has 6 N–H and O–H groups in total. The molecular weight excluding hydrogens is 594 g/mol. The molecule has 11 heteroatoms. The third-order valence-electron chi connectivity index (χ3n) is 8.02. The lowest BCUT2D eigenvalue weighted by molar-refractivity contribution is -0.629. The van der Waals surface area contributed by atoms with Crippen LogP contribution >= 0.6 is 0 Å². The van der Waals surface area contributed by atoms with Crippen LogP contribution in [0.15, 0.2) is 103 Å². The van der Waals surface area contributed by atoms with Crippen molar-refractivity contribution in [3.8, 4) is 0 Å². The number of carbonyl (C=O) groups excluding carboxylic acids is 2. The Bertz CT molecular complexity index is 1600. The van der Waals surface area contributed by atoms with E-state index in [4.69, 9.17) is 11.1 Å². The van der Waals surface area contributed by atoms with Gasteiger partial charge in [-0.1, -0.05) is 108 Å². The number of hydrogen-bond acceptors (Lipinski definition) is 6. The van der Waals surface area contributed by atoms with Gasteiger partial charge in [-0.2, -0.15) is 0 Å². The maximum absolute atomic E-state index is 13.8. The van der Waals surface area contributed by atoms with Crippen molar-refractivity contribution in [3.63, 3.8) is 0 Å². The van der Waals surface area contributed by atoms with Crippen LogP contribution in [0.4, 0.5) is 0 Å². The zero-order valence-corrected chi connectivity index (χ0v) is 26.4. The number of aryl methyl sites for hydroxylation is 1. The second-order valence-electron chi connectivity index (χ2n) is 11.4. The number of amides is 2. The number of nitrogens with one attached hydrogen (secondary N) is 4. The number of fused-ring (bicyclic) bond motifs is 1. The maximum atomic E-state index is 13.8. The van der Waals surface area contributed by atoms with Gasteiger partial charge in [-0.3, -0.25) is 15.0 Å². The summed E-state index contributed by atoms with van der Waals surface area (Å²) in [4.78, 5) is 38.6. The van der Waals surface area contributed by atoms with Crippen molar-refractivity contribution in [1.82, 2.24) is 21.0 Å². The van der Waals surface area contributed by atoms with Gasteiger partial charge in [-0.15, -0.1) is 0 Å². The molecule has 0 aromatic heterocycles. The Morgan fingerprint density at radius 3 is 2.15 bits per heavy atom. The molecule has 0 unspecified atom stereocenters. The van der Waals surface area contributed by atoms with Crippen molar-refractivity contribution < 1.29 is 14.6 Å². The Morgan fingerprint density at radius 1 is 0.787 bits per heavy atom. The van der Waals surface area contributed by atoms with Gasteiger partial charge >= 0.3 is 0 Å². The largest absolute Gasteiger partial charge is 0.365 e. The smallest absolute Gasteiger partial charge is 0.251 e. The quantitative estimate of drug-likeness (QED) is 0.0362. The van der Waals surface area contributed by atoms with E-state index in [0.29, 0.717) is 30.9 Å². The molecule has 47 heavy (non-hydrogen) atoms. The van der Waals surface area contributed by atoms with Crippen molar-refractivity contribution in [3.05, 3.63) is 130 Å². The van der Waals surface area contributed by atoms with E-state index in [1.165, 1.54) is 5.56 Å². The van der Waals surface area contributed by atoms with Gasteiger partial charge in [0.15, 0.2) is 5.03 Å². The van der Waals surface area contributed by atoms with Gasteiger partial charge in [0.05, 0.1) is 12.6 Å². The second-order valence-corrected chi connectivity index (χ2v) is 11.4. The average Bonchev–Trinajstić information content (AvgIpc) is 3.08. The number of benzene rings is 4. The highest BCUT2D eigenvalue weighted by Crippen LogP contribution is 2.18. The molecule has 0 radical (unpaired) electrons. The van der Waals surface area contributed by atoms with E-state index >= 15 is 0 Å². The first-order valence-corrected chi connectivity index (χ1v) is 15.9. The Morgan fingerprint density at radius 2 is 1.45 bits per heavy atom. The summed E-state index contributed by atoms with van der Waals surface area (Å²) in [5.74, 6) is -1.41. The lowest BCUT2D eigenvalue weighted by atomic mass is 10.0. The predicted octanol–water partition coefficient (Wildman–Crippen LogP) is 3.98. The van der Waals surface area contributed by atoms with Crippen molar-refractivity contribution in [2.24, 2.45) is 5.73 Å². The van der Waals surface area contributed by atoms with Crippen LogP contribution in [-0.4, -0.2) is 59.5 Å². The van der Waals surface area contributed by atoms with Crippen LogP contribution in [0.5, 0.6) is 0 Å². The van der Waals surface area contributed by atoms with Gasteiger partial charge in [0.1, 0.15) is 6.04 Å². The highest BCUT2D eigenvalue weighted by molar-refractivity contribution is 5.90. The van der Waals surface area contributed by atoms with Gasteiger partial charge < -0.3 is 21.7 Å². The molecule has 0 fully saturated rings. The molecule has 0 spiro atoms. The van der Waals surface area contributed by atoms with Crippen molar-refractivity contribution in [2.45, 2.75) is 50.6 Å². The Labute approximate surface area is 275 Å². The standard InChI is InChI=1S/C36H43N7O4/c37-36(38)42(43(46)47)25-11-21-32(34(44)40-24-22-30-19-9-18-29-17-7-8-20-31(29)30)41-35(45)33(26-28-14-5-2-6-15-28)39-23-10-16-27-12-3-1-4-13-27/h1-9,12-15,17-20,32-33,39H,10-11,16,21-26H2,(H3,37,38)(H,40,44)(H,41,45)/t32-,33+/m0/s1. The van der Waals surface area contributed by atoms with Crippen LogP contribution in [-0.2, 0) is 28.9 Å². The van der Waals surface area contributed by atoms with Crippen LogP contribution in [0.1, 0.15) is 36.0 Å². The summed E-state index contributed by atoms with van der Waals surface area (Å²) in [5, 5.41) is 30.1. The number of nitrogens with two attached hydrogens (primary N) is 1. The minimum absolute atomic E-state index is 0.121. The molecule has 11 nitrogen and oxygen atoms in total. The summed E-state index contributed by atoms with van der Waals surface area (Å²) in [5.41, 5.74) is 8.66. The van der Waals surface area contributed by atoms with Crippen LogP contribution in [0.3, 0.4) is 0 Å². The maximum Gasteiger partial charge on any atom is 0.251 e. The zero-order chi connectivity index (χ0) is 33.4. The fourth-order valence-electron chi connectivity index (χ4n) is 5.55. The summed E-state index contributed by atoms with van der Waals surface area (Å²) in [6.07, 6.45) is 2.96. The molecule has 0 heterocycles. The first-order valence-electron chi connectivity index (χ1n) is 15.9. The average molecular weight is 638 g/mol. The number of nitro groups is 1. The number of carbonyl (C=O) groups is 2. The minimum atomic E-state index is -0.944. The van der Waals surface area contributed by atoms with Crippen molar-refractivity contribution >= 4 is 28.5 Å². The lowest BCUT2D eigenvalue weighted by Crippen LogP contribution is -2.54. The summed E-state index contributed by atoms with van der Waals surface area (Å²) in [7, 11) is 0. The van der Waals surface area contributed by atoms with Gasteiger partial charge in [0.25, 0.3) is 5.96 Å². The van der Waals surface area contributed by atoms with E-state index in [1.54, 1.807) is 0 Å². The summed E-state index contributed by atoms with van der Waals surface area (Å²) in [6.45, 7) is 0.764. The molecule has 2 atom stereocenters. The number of hydrogen-bond donors (Lipinski definition) is 5. The van der Waals surface area contributed by atoms with Crippen molar-refractivity contribution in [2.75, 3.05) is 19.6 Å². The topological polar surface area (TPSA) is 166 Å². The Balaban J connectivity index is 1.43. The first-order chi connectivity index (χ1) is 22.8. The van der Waals surface area contributed by atoms with Crippen LogP contribution in [0.25, 0.3) is 10.8 Å². The molecule has 2 amide bonds. The highest BCUT2D eigenvalue weighted by Gasteiger charge is 2.27. The molecule has 0 aliphatic heterocycles. The SMILES string of the molecule is N=C(N)N(CCC[C@H](NC(=O)[C@@H](Cc1ccccc1)NCCCc1ccccc1)C(=O)NCCc1cccc2ccccc12)[N+](=O)[O-]. The Kier molecular flexibility index (Phi) is 13.2. The molecule has 0 saturated carbocycles. The van der Waals surface area contributed by atoms with Gasteiger partial charge in [0, 0.05) is 6.54 Å². The third kappa shape index (κ3) is 10.9. The summed E-state index contributed by atoms with van der Waals surface area (Å²) >= 11 is 0. The molecule has 246 valence electrons. The fourth-order valence-corrected chi connectivity index (χ4v) is 5.55. The first kappa shape index (κ1) is 34.6. The molecule has 0 aliphatic carbocycles. The molecule has 4 aromatic rings.